The van der Waals surface area contributed by atoms with Crippen molar-refractivity contribution in [2.45, 2.75) is 13.5 Å². The van der Waals surface area contributed by atoms with Crippen LogP contribution in [0.25, 0.3) is 10.8 Å². The second-order valence-electron chi connectivity index (χ2n) is 5.95. The van der Waals surface area contributed by atoms with E-state index in [4.69, 9.17) is 0 Å². The lowest BCUT2D eigenvalue weighted by atomic mass is 10.1. The minimum Gasteiger partial charge on any atom is -0.348 e. The highest BCUT2D eigenvalue weighted by atomic mass is 32.2. The Kier molecular flexibility index (Phi) is 5.23. The molecule has 6 heteroatoms. The predicted molar refractivity (Wildman–Crippen MR) is 105 cm³/mol. The first kappa shape index (κ1) is 17.9. The zero-order valence-electron chi connectivity index (χ0n) is 14.4. The summed E-state index contributed by atoms with van der Waals surface area (Å²) in [5, 5.41) is 5.17. The van der Waals surface area contributed by atoms with E-state index in [1.54, 1.807) is 31.2 Å². The summed E-state index contributed by atoms with van der Waals surface area (Å²) in [7, 11) is -3.32. The third kappa shape index (κ3) is 4.40. The second-order valence-corrected chi connectivity index (χ2v) is 7.96. The van der Waals surface area contributed by atoms with Crippen molar-refractivity contribution in [3.8, 4) is 0 Å². The van der Waals surface area contributed by atoms with E-state index in [0.717, 1.165) is 16.3 Å². The van der Waals surface area contributed by atoms with E-state index in [0.29, 0.717) is 17.8 Å². The quantitative estimate of drug-likeness (QED) is 0.699. The van der Waals surface area contributed by atoms with Crippen molar-refractivity contribution in [3.63, 3.8) is 0 Å². The van der Waals surface area contributed by atoms with Crippen molar-refractivity contribution in [1.29, 1.82) is 0 Å². The van der Waals surface area contributed by atoms with E-state index < -0.39 is 10.0 Å². The van der Waals surface area contributed by atoms with Gasteiger partial charge < -0.3 is 5.32 Å². The molecule has 0 aliphatic rings. The van der Waals surface area contributed by atoms with E-state index in [1.807, 2.05) is 36.4 Å². The first-order valence-corrected chi connectivity index (χ1v) is 9.98. The lowest BCUT2D eigenvalue weighted by molar-refractivity contribution is 0.0951. The molecule has 5 nitrogen and oxygen atoms in total. The molecule has 0 aliphatic carbocycles. The Morgan fingerprint density at radius 3 is 2.31 bits per heavy atom. The Morgan fingerprint density at radius 1 is 0.923 bits per heavy atom. The minimum absolute atomic E-state index is 0.000988. The maximum Gasteiger partial charge on any atom is 0.251 e. The molecular formula is C20H20N2O3S. The molecule has 0 spiro atoms. The Balaban J connectivity index is 1.64. The molecule has 1 amide bonds. The van der Waals surface area contributed by atoms with Crippen LogP contribution in [0, 0.1) is 0 Å². The third-order valence-corrected chi connectivity index (χ3v) is 5.37. The number of hydrogen-bond donors (Lipinski definition) is 2. The molecule has 0 aromatic heterocycles. The fraction of sp³-hybridized carbons (Fsp3) is 0.150. The number of carbonyl (C=O) groups excluding carboxylic acids is 1. The number of hydrogen-bond acceptors (Lipinski definition) is 3. The molecule has 0 fully saturated rings. The molecule has 0 unspecified atom stereocenters. The zero-order chi connectivity index (χ0) is 18.6. The van der Waals surface area contributed by atoms with Crippen molar-refractivity contribution in [2.24, 2.45) is 0 Å². The van der Waals surface area contributed by atoms with Gasteiger partial charge in [0.25, 0.3) is 5.91 Å². The Hall–Kier alpha value is -2.86. The molecule has 0 saturated heterocycles. The van der Waals surface area contributed by atoms with Crippen LogP contribution in [0.1, 0.15) is 22.8 Å². The van der Waals surface area contributed by atoms with Crippen molar-refractivity contribution < 1.29 is 13.2 Å². The van der Waals surface area contributed by atoms with Crippen LogP contribution >= 0.6 is 0 Å². The van der Waals surface area contributed by atoms with Gasteiger partial charge in [0.05, 0.1) is 5.75 Å². The van der Waals surface area contributed by atoms with E-state index in [9.17, 15) is 13.2 Å². The SMILES string of the molecule is CCS(=O)(=O)Nc1ccc(C(=O)NCc2ccc3ccccc3c2)cc1. The number of rotatable bonds is 6. The van der Waals surface area contributed by atoms with Gasteiger partial charge >= 0.3 is 0 Å². The van der Waals surface area contributed by atoms with E-state index in [-0.39, 0.29) is 11.7 Å². The smallest absolute Gasteiger partial charge is 0.251 e. The van der Waals surface area contributed by atoms with Crippen LogP contribution in [0.2, 0.25) is 0 Å². The first-order chi connectivity index (χ1) is 12.5. The molecule has 3 rings (SSSR count). The van der Waals surface area contributed by atoms with Gasteiger partial charge in [-0.15, -0.1) is 0 Å². The van der Waals surface area contributed by atoms with Gasteiger partial charge in [0, 0.05) is 17.8 Å². The molecule has 0 bridgehead atoms. The van der Waals surface area contributed by atoms with Gasteiger partial charge in [0.15, 0.2) is 0 Å². The van der Waals surface area contributed by atoms with E-state index >= 15 is 0 Å². The highest BCUT2D eigenvalue weighted by molar-refractivity contribution is 7.92. The van der Waals surface area contributed by atoms with Gasteiger partial charge in [-0.2, -0.15) is 0 Å². The summed E-state index contributed by atoms with van der Waals surface area (Å²) in [5.41, 5.74) is 1.94. The Morgan fingerprint density at radius 2 is 1.62 bits per heavy atom. The first-order valence-electron chi connectivity index (χ1n) is 8.33. The number of anilines is 1. The minimum atomic E-state index is -3.32. The number of benzene rings is 3. The summed E-state index contributed by atoms with van der Waals surface area (Å²) in [6, 6.07) is 20.5. The molecule has 26 heavy (non-hydrogen) atoms. The molecule has 0 atom stereocenters. The van der Waals surface area contributed by atoms with Gasteiger partial charge in [-0.1, -0.05) is 36.4 Å². The average Bonchev–Trinajstić information content (AvgIpc) is 2.66. The normalized spacial score (nSPS) is 11.3. The van der Waals surface area contributed by atoms with Gasteiger partial charge in [-0.25, -0.2) is 8.42 Å². The standard InChI is InChI=1S/C20H20N2O3S/c1-2-26(24,25)22-19-11-9-17(10-12-19)20(23)21-14-15-7-8-16-5-3-4-6-18(16)13-15/h3-13,22H,2,14H2,1H3,(H,21,23). The number of amides is 1. The average molecular weight is 368 g/mol. The number of fused-ring (bicyclic) bond motifs is 1. The van der Waals surface area contributed by atoms with Crippen LogP contribution in [-0.4, -0.2) is 20.1 Å². The predicted octanol–water partition coefficient (Wildman–Crippen LogP) is 3.53. The summed E-state index contributed by atoms with van der Waals surface area (Å²) >= 11 is 0. The summed E-state index contributed by atoms with van der Waals surface area (Å²) in [6.45, 7) is 1.99. The number of sulfonamides is 1. The zero-order valence-corrected chi connectivity index (χ0v) is 15.2. The fourth-order valence-corrected chi connectivity index (χ4v) is 3.21. The summed E-state index contributed by atoms with van der Waals surface area (Å²) in [6.07, 6.45) is 0. The summed E-state index contributed by atoms with van der Waals surface area (Å²) in [4.78, 5) is 12.3. The van der Waals surface area contributed by atoms with E-state index in [2.05, 4.69) is 16.1 Å². The molecule has 3 aromatic rings. The summed E-state index contributed by atoms with van der Waals surface area (Å²) in [5.74, 6) is -0.205. The monoisotopic (exact) mass is 368 g/mol. The van der Waals surface area contributed by atoms with Crippen LogP contribution in [-0.2, 0) is 16.6 Å². The van der Waals surface area contributed by atoms with Crippen molar-refractivity contribution in [3.05, 3.63) is 77.9 Å². The van der Waals surface area contributed by atoms with Gasteiger partial charge in [0.2, 0.25) is 10.0 Å². The number of nitrogens with one attached hydrogen (secondary N) is 2. The van der Waals surface area contributed by atoms with Crippen LogP contribution < -0.4 is 10.0 Å². The molecule has 0 radical (unpaired) electrons. The fourth-order valence-electron chi connectivity index (χ4n) is 2.57. The van der Waals surface area contributed by atoms with Crippen LogP contribution in [0.15, 0.2) is 66.7 Å². The van der Waals surface area contributed by atoms with Crippen molar-refractivity contribution in [2.75, 3.05) is 10.5 Å². The van der Waals surface area contributed by atoms with Gasteiger partial charge in [-0.05, 0) is 53.6 Å². The van der Waals surface area contributed by atoms with Crippen LogP contribution in [0.3, 0.4) is 0 Å². The molecule has 3 aromatic carbocycles. The molecule has 134 valence electrons. The topological polar surface area (TPSA) is 75.3 Å². The molecule has 2 N–H and O–H groups in total. The highest BCUT2D eigenvalue weighted by Gasteiger charge is 2.09. The number of carbonyl (C=O) groups is 1. The van der Waals surface area contributed by atoms with E-state index in [1.165, 1.54) is 0 Å². The maximum absolute atomic E-state index is 12.3. The van der Waals surface area contributed by atoms with Crippen molar-refractivity contribution in [1.82, 2.24) is 5.32 Å². The second kappa shape index (κ2) is 7.58. The summed E-state index contributed by atoms with van der Waals surface area (Å²) < 4.78 is 25.5. The van der Waals surface area contributed by atoms with Crippen molar-refractivity contribution >= 4 is 32.4 Å². The molecular weight excluding hydrogens is 348 g/mol. The van der Waals surface area contributed by atoms with Crippen LogP contribution in [0.5, 0.6) is 0 Å². The Labute approximate surface area is 153 Å². The largest absolute Gasteiger partial charge is 0.348 e. The third-order valence-electron chi connectivity index (χ3n) is 4.07. The van der Waals surface area contributed by atoms with Gasteiger partial charge in [-0.3, -0.25) is 9.52 Å². The lowest BCUT2D eigenvalue weighted by Crippen LogP contribution is -2.22. The highest BCUT2D eigenvalue weighted by Crippen LogP contribution is 2.16. The Bertz CT molecular complexity index is 1030. The lowest BCUT2D eigenvalue weighted by Gasteiger charge is -2.09. The van der Waals surface area contributed by atoms with Gasteiger partial charge in [0.1, 0.15) is 0 Å². The van der Waals surface area contributed by atoms with Crippen LogP contribution in [0.4, 0.5) is 5.69 Å². The molecule has 0 saturated carbocycles. The molecule has 0 heterocycles. The molecule has 0 aliphatic heterocycles. The maximum atomic E-state index is 12.3.